The number of halogens is 2. The van der Waals surface area contributed by atoms with Crippen LogP contribution in [0.3, 0.4) is 0 Å². The molecule has 1 aromatic rings. The lowest BCUT2D eigenvalue weighted by atomic mass is 9.68. The summed E-state index contributed by atoms with van der Waals surface area (Å²) in [6.07, 6.45) is 0. The topological polar surface area (TPSA) is 41.6 Å². The van der Waals surface area contributed by atoms with Gasteiger partial charge in [-0.15, -0.1) is 0 Å². The molecule has 0 saturated carbocycles. The third-order valence-electron chi connectivity index (χ3n) is 5.84. The van der Waals surface area contributed by atoms with Crippen molar-refractivity contribution >= 4 is 5.91 Å². The number of nitrogens with one attached hydrogen (secondary N) is 1. The van der Waals surface area contributed by atoms with Crippen LogP contribution in [0, 0.1) is 23.0 Å². The molecule has 124 valence electrons. The Hall–Kier alpha value is -1.53. The summed E-state index contributed by atoms with van der Waals surface area (Å²) in [5.41, 5.74) is 0.219. The summed E-state index contributed by atoms with van der Waals surface area (Å²) in [5.74, 6) is -1.56. The zero-order chi connectivity index (χ0) is 16.4. The molecule has 2 fully saturated rings. The van der Waals surface area contributed by atoms with E-state index in [4.69, 9.17) is 4.74 Å². The van der Waals surface area contributed by atoms with E-state index in [2.05, 4.69) is 5.32 Å². The van der Waals surface area contributed by atoms with Gasteiger partial charge in [0.25, 0.3) is 0 Å². The van der Waals surface area contributed by atoms with Crippen molar-refractivity contribution in [1.29, 1.82) is 0 Å². The van der Waals surface area contributed by atoms with Crippen molar-refractivity contribution in [2.24, 2.45) is 11.3 Å². The largest absolute Gasteiger partial charge is 0.374 e. The minimum absolute atomic E-state index is 0.0204. The van der Waals surface area contributed by atoms with E-state index in [1.807, 2.05) is 13.8 Å². The highest BCUT2D eigenvalue weighted by molar-refractivity contribution is 5.86. The van der Waals surface area contributed by atoms with Gasteiger partial charge in [0.1, 0.15) is 0 Å². The number of rotatable bonds is 1. The highest BCUT2D eigenvalue weighted by Crippen LogP contribution is 2.51. The van der Waals surface area contributed by atoms with Crippen LogP contribution in [-0.4, -0.2) is 36.1 Å². The normalized spacial score (nSPS) is 31.3. The average molecular weight is 322 g/mol. The highest BCUT2D eigenvalue weighted by atomic mass is 19.2. The van der Waals surface area contributed by atoms with Crippen LogP contribution in [0.5, 0.6) is 0 Å². The quantitative estimate of drug-likeness (QED) is 0.857. The number of carbonyl (C=O) groups is 1. The van der Waals surface area contributed by atoms with Gasteiger partial charge in [-0.2, -0.15) is 0 Å². The van der Waals surface area contributed by atoms with Crippen LogP contribution in [0.4, 0.5) is 8.78 Å². The third-order valence-corrected chi connectivity index (χ3v) is 5.84. The molecule has 0 bridgehead atoms. The Labute approximate surface area is 133 Å². The summed E-state index contributed by atoms with van der Waals surface area (Å²) in [4.78, 5) is 15.0. The molecule has 23 heavy (non-hydrogen) atoms. The summed E-state index contributed by atoms with van der Waals surface area (Å²) in [6, 6.07) is 2.41. The van der Waals surface area contributed by atoms with E-state index in [0.717, 1.165) is 6.54 Å². The Kier molecular flexibility index (Phi) is 3.09. The molecule has 4 nitrogen and oxygen atoms in total. The summed E-state index contributed by atoms with van der Waals surface area (Å²) in [5, 5.41) is 3.32. The number of ether oxygens (including phenoxy) is 1. The minimum Gasteiger partial charge on any atom is -0.374 e. The third kappa shape index (κ3) is 1.91. The molecule has 3 heterocycles. The fourth-order valence-corrected chi connectivity index (χ4v) is 4.43. The first-order valence-electron chi connectivity index (χ1n) is 7.96. The van der Waals surface area contributed by atoms with Gasteiger partial charge in [-0.1, -0.05) is 0 Å². The van der Waals surface area contributed by atoms with Gasteiger partial charge in [-0.05, 0) is 37.1 Å². The van der Waals surface area contributed by atoms with Crippen molar-refractivity contribution < 1.29 is 18.3 Å². The van der Waals surface area contributed by atoms with Crippen LogP contribution in [0.15, 0.2) is 12.1 Å². The first-order valence-corrected chi connectivity index (χ1v) is 7.96. The van der Waals surface area contributed by atoms with Crippen LogP contribution < -0.4 is 5.32 Å². The molecule has 3 aliphatic heterocycles. The van der Waals surface area contributed by atoms with E-state index >= 15 is 0 Å². The van der Waals surface area contributed by atoms with Crippen LogP contribution in [0.1, 0.15) is 25.0 Å². The van der Waals surface area contributed by atoms with Gasteiger partial charge < -0.3 is 15.0 Å². The molecule has 0 spiro atoms. The fraction of sp³-hybridized carbons (Fsp3) is 0.588. The number of amides is 1. The van der Waals surface area contributed by atoms with Crippen molar-refractivity contribution in [3.05, 3.63) is 34.9 Å². The predicted octanol–water partition coefficient (Wildman–Crippen LogP) is 1.82. The molecule has 0 aromatic heterocycles. The standard InChI is InChI=1S/C17H20F2N2O2/c1-16(2)17(9-20-5-12(17)8-23-16)15(22)21-6-10-3-13(18)14(19)4-11(10)7-21/h3-4,12,20H,5-9H2,1-2H3. The fourth-order valence-electron chi connectivity index (χ4n) is 4.43. The second-order valence-electron chi connectivity index (χ2n) is 7.32. The van der Waals surface area contributed by atoms with E-state index in [1.54, 1.807) is 4.90 Å². The molecule has 1 amide bonds. The Morgan fingerprint density at radius 1 is 1.26 bits per heavy atom. The van der Waals surface area contributed by atoms with E-state index in [0.29, 0.717) is 37.4 Å². The zero-order valence-corrected chi connectivity index (χ0v) is 13.3. The first kappa shape index (κ1) is 15.0. The summed E-state index contributed by atoms with van der Waals surface area (Å²) < 4.78 is 32.8. The summed E-state index contributed by atoms with van der Waals surface area (Å²) in [6.45, 7) is 6.49. The molecular formula is C17H20F2N2O2. The molecule has 0 aliphatic carbocycles. The van der Waals surface area contributed by atoms with Crippen molar-refractivity contribution in [2.45, 2.75) is 32.5 Å². The van der Waals surface area contributed by atoms with Gasteiger partial charge in [0.15, 0.2) is 11.6 Å². The van der Waals surface area contributed by atoms with Gasteiger partial charge in [0.05, 0.1) is 17.6 Å². The van der Waals surface area contributed by atoms with Crippen LogP contribution in [0.2, 0.25) is 0 Å². The Morgan fingerprint density at radius 3 is 2.48 bits per heavy atom. The number of hydrogen-bond acceptors (Lipinski definition) is 3. The number of hydrogen-bond donors (Lipinski definition) is 1. The van der Waals surface area contributed by atoms with Gasteiger partial charge >= 0.3 is 0 Å². The molecule has 4 rings (SSSR count). The van der Waals surface area contributed by atoms with E-state index in [1.165, 1.54) is 12.1 Å². The van der Waals surface area contributed by atoms with Crippen molar-refractivity contribution in [3.8, 4) is 0 Å². The molecule has 2 unspecified atom stereocenters. The molecule has 2 saturated heterocycles. The maximum Gasteiger partial charge on any atom is 0.234 e. The van der Waals surface area contributed by atoms with Gasteiger partial charge in [0, 0.05) is 32.1 Å². The Balaban J connectivity index is 1.66. The van der Waals surface area contributed by atoms with E-state index in [-0.39, 0.29) is 11.8 Å². The highest BCUT2D eigenvalue weighted by Gasteiger charge is 2.64. The zero-order valence-electron chi connectivity index (χ0n) is 13.3. The van der Waals surface area contributed by atoms with Gasteiger partial charge in [0.2, 0.25) is 5.91 Å². The van der Waals surface area contributed by atoms with Crippen LogP contribution in [0.25, 0.3) is 0 Å². The maximum atomic E-state index is 13.4. The summed E-state index contributed by atoms with van der Waals surface area (Å²) >= 11 is 0. The second kappa shape index (κ2) is 4.74. The first-order chi connectivity index (χ1) is 10.8. The van der Waals surface area contributed by atoms with Crippen molar-refractivity contribution in [3.63, 3.8) is 0 Å². The lowest BCUT2D eigenvalue weighted by Gasteiger charge is -2.40. The maximum absolute atomic E-state index is 13.4. The van der Waals surface area contributed by atoms with E-state index < -0.39 is 22.7 Å². The summed E-state index contributed by atoms with van der Waals surface area (Å²) in [7, 11) is 0. The van der Waals surface area contributed by atoms with Crippen molar-refractivity contribution in [2.75, 3.05) is 19.7 Å². The monoisotopic (exact) mass is 322 g/mol. The molecule has 3 aliphatic rings. The van der Waals surface area contributed by atoms with Crippen molar-refractivity contribution in [1.82, 2.24) is 10.2 Å². The molecule has 1 N–H and O–H groups in total. The minimum atomic E-state index is -0.860. The average Bonchev–Trinajstić information content (AvgIpc) is 3.14. The molecule has 0 radical (unpaired) electrons. The van der Waals surface area contributed by atoms with Crippen LogP contribution in [-0.2, 0) is 22.6 Å². The number of carbonyl (C=O) groups excluding carboxylic acids is 1. The van der Waals surface area contributed by atoms with Gasteiger partial charge in [-0.25, -0.2) is 8.78 Å². The van der Waals surface area contributed by atoms with Gasteiger partial charge in [-0.3, -0.25) is 4.79 Å². The molecule has 6 heteroatoms. The van der Waals surface area contributed by atoms with Crippen LogP contribution >= 0.6 is 0 Å². The molecule has 2 atom stereocenters. The second-order valence-corrected chi connectivity index (χ2v) is 7.32. The van der Waals surface area contributed by atoms with E-state index in [9.17, 15) is 13.6 Å². The smallest absolute Gasteiger partial charge is 0.234 e. The Bertz CT molecular complexity index is 660. The SMILES string of the molecule is CC1(C)OCC2CNCC21C(=O)N1Cc2cc(F)c(F)cc2C1. The molecular weight excluding hydrogens is 302 g/mol. The lowest BCUT2D eigenvalue weighted by Crippen LogP contribution is -2.55. The number of fused-ring (bicyclic) bond motifs is 2. The predicted molar refractivity (Wildman–Crippen MR) is 79.4 cm³/mol. The molecule has 1 aromatic carbocycles. The number of benzene rings is 1. The lowest BCUT2D eigenvalue weighted by molar-refractivity contribution is -0.152. The number of nitrogens with zero attached hydrogens (tertiary/aromatic N) is 1. The Morgan fingerprint density at radius 2 is 1.87 bits per heavy atom.